The zero-order valence-corrected chi connectivity index (χ0v) is 10.3. The summed E-state index contributed by atoms with van der Waals surface area (Å²) in [5, 5.41) is 3.07. The van der Waals surface area contributed by atoms with Gasteiger partial charge in [-0.25, -0.2) is 0 Å². The van der Waals surface area contributed by atoms with Crippen LogP contribution in [0.3, 0.4) is 0 Å². The minimum atomic E-state index is -0.432. The maximum Gasteiger partial charge on any atom is 0.236 e. The molecule has 0 aliphatic carbocycles. The molecule has 0 spiro atoms. The molecule has 17 heavy (non-hydrogen) atoms. The Morgan fingerprint density at radius 2 is 2.00 bits per heavy atom. The number of hydrogen-bond donors (Lipinski definition) is 2. The molecule has 1 rings (SSSR count). The fourth-order valence-corrected chi connectivity index (χ4v) is 1.48. The van der Waals surface area contributed by atoms with Crippen LogP contribution in [0.25, 0.3) is 0 Å². The molecule has 0 aliphatic rings. The Hall–Kier alpha value is -1.39. The summed E-state index contributed by atoms with van der Waals surface area (Å²) in [6.45, 7) is 4.72. The van der Waals surface area contributed by atoms with Gasteiger partial charge in [0.25, 0.3) is 0 Å². The molecule has 0 aromatic heterocycles. The lowest BCUT2D eigenvalue weighted by atomic mass is 10.2. The SMILES string of the molecule is CC(C)N[C@@H](COCc1ccccc1)C(N)=O. The van der Waals surface area contributed by atoms with Gasteiger partial charge in [-0.3, -0.25) is 4.79 Å². The number of amides is 1. The molecule has 1 aromatic rings. The van der Waals surface area contributed by atoms with Crippen molar-refractivity contribution in [3.8, 4) is 0 Å². The van der Waals surface area contributed by atoms with Gasteiger partial charge in [-0.1, -0.05) is 44.2 Å². The summed E-state index contributed by atoms with van der Waals surface area (Å²) in [6.07, 6.45) is 0. The van der Waals surface area contributed by atoms with Crippen molar-refractivity contribution >= 4 is 5.91 Å². The number of benzene rings is 1. The van der Waals surface area contributed by atoms with Crippen LogP contribution in [0.15, 0.2) is 30.3 Å². The first-order valence-electron chi connectivity index (χ1n) is 5.76. The first kappa shape index (κ1) is 13.7. The molecule has 3 N–H and O–H groups in total. The van der Waals surface area contributed by atoms with E-state index in [2.05, 4.69) is 5.32 Å². The van der Waals surface area contributed by atoms with Crippen LogP contribution in [0.1, 0.15) is 19.4 Å². The van der Waals surface area contributed by atoms with E-state index in [-0.39, 0.29) is 11.9 Å². The second-order valence-corrected chi connectivity index (χ2v) is 4.28. The van der Waals surface area contributed by atoms with E-state index in [1.807, 2.05) is 44.2 Å². The standard InChI is InChI=1S/C13H20N2O2/c1-10(2)15-12(13(14)16)9-17-8-11-6-4-3-5-7-11/h3-7,10,12,15H,8-9H2,1-2H3,(H2,14,16)/t12-/m0/s1. The van der Waals surface area contributed by atoms with E-state index < -0.39 is 6.04 Å². The number of nitrogens with one attached hydrogen (secondary N) is 1. The van der Waals surface area contributed by atoms with Gasteiger partial charge < -0.3 is 15.8 Å². The molecule has 1 aromatic carbocycles. The fraction of sp³-hybridized carbons (Fsp3) is 0.462. The molecule has 0 bridgehead atoms. The van der Waals surface area contributed by atoms with Gasteiger partial charge in [0, 0.05) is 6.04 Å². The van der Waals surface area contributed by atoms with Crippen LogP contribution in [-0.4, -0.2) is 24.6 Å². The number of carbonyl (C=O) groups excluding carboxylic acids is 1. The van der Waals surface area contributed by atoms with Crippen molar-refractivity contribution in [3.05, 3.63) is 35.9 Å². The largest absolute Gasteiger partial charge is 0.375 e. The molecular formula is C13H20N2O2. The first-order chi connectivity index (χ1) is 8.09. The van der Waals surface area contributed by atoms with Crippen molar-refractivity contribution in [2.75, 3.05) is 6.61 Å². The third-order valence-electron chi connectivity index (χ3n) is 2.27. The second kappa shape index (κ2) is 7.04. The Kier molecular flexibility index (Phi) is 5.66. The van der Waals surface area contributed by atoms with Crippen LogP contribution >= 0.6 is 0 Å². The average Bonchev–Trinajstić information content (AvgIpc) is 2.28. The monoisotopic (exact) mass is 236 g/mol. The molecule has 0 saturated heterocycles. The van der Waals surface area contributed by atoms with E-state index in [0.717, 1.165) is 5.56 Å². The minimum absolute atomic E-state index is 0.202. The Balaban J connectivity index is 2.35. The summed E-state index contributed by atoms with van der Waals surface area (Å²) in [5.74, 6) is -0.383. The van der Waals surface area contributed by atoms with Crippen LogP contribution in [0.5, 0.6) is 0 Å². The van der Waals surface area contributed by atoms with Gasteiger partial charge in [0.1, 0.15) is 6.04 Å². The van der Waals surface area contributed by atoms with Crippen molar-refractivity contribution in [2.24, 2.45) is 5.73 Å². The zero-order chi connectivity index (χ0) is 12.7. The summed E-state index contributed by atoms with van der Waals surface area (Å²) in [4.78, 5) is 11.2. The van der Waals surface area contributed by atoms with E-state index in [0.29, 0.717) is 13.2 Å². The molecule has 0 radical (unpaired) electrons. The number of ether oxygens (including phenoxy) is 1. The van der Waals surface area contributed by atoms with E-state index in [9.17, 15) is 4.79 Å². The van der Waals surface area contributed by atoms with Crippen molar-refractivity contribution in [1.29, 1.82) is 0 Å². The summed E-state index contributed by atoms with van der Waals surface area (Å²) < 4.78 is 5.48. The molecule has 4 nitrogen and oxygen atoms in total. The van der Waals surface area contributed by atoms with Crippen molar-refractivity contribution in [3.63, 3.8) is 0 Å². The van der Waals surface area contributed by atoms with Gasteiger partial charge in [0.05, 0.1) is 13.2 Å². The second-order valence-electron chi connectivity index (χ2n) is 4.28. The highest BCUT2D eigenvalue weighted by Crippen LogP contribution is 2.01. The van der Waals surface area contributed by atoms with Crippen molar-refractivity contribution < 1.29 is 9.53 Å². The zero-order valence-electron chi connectivity index (χ0n) is 10.3. The molecule has 0 unspecified atom stereocenters. The quantitative estimate of drug-likeness (QED) is 0.744. The predicted octanol–water partition coefficient (Wildman–Crippen LogP) is 1.06. The average molecular weight is 236 g/mol. The van der Waals surface area contributed by atoms with Gasteiger partial charge in [-0.15, -0.1) is 0 Å². The highest BCUT2D eigenvalue weighted by molar-refractivity contribution is 5.80. The lowest BCUT2D eigenvalue weighted by Crippen LogP contribution is -2.47. The maximum atomic E-state index is 11.2. The lowest BCUT2D eigenvalue weighted by Gasteiger charge is -2.18. The normalized spacial score (nSPS) is 12.6. The number of nitrogens with two attached hydrogens (primary N) is 1. The molecule has 0 heterocycles. The smallest absolute Gasteiger partial charge is 0.236 e. The van der Waals surface area contributed by atoms with Crippen LogP contribution in [-0.2, 0) is 16.1 Å². The third-order valence-corrected chi connectivity index (χ3v) is 2.27. The molecule has 4 heteroatoms. The maximum absolute atomic E-state index is 11.2. The Morgan fingerprint density at radius 3 is 2.53 bits per heavy atom. The summed E-state index contributed by atoms with van der Waals surface area (Å²) in [6, 6.07) is 9.60. The summed E-state index contributed by atoms with van der Waals surface area (Å²) in [5.41, 5.74) is 6.37. The Morgan fingerprint density at radius 1 is 1.35 bits per heavy atom. The van der Waals surface area contributed by atoms with Gasteiger partial charge in [-0.05, 0) is 5.56 Å². The van der Waals surface area contributed by atoms with E-state index >= 15 is 0 Å². The first-order valence-corrected chi connectivity index (χ1v) is 5.76. The minimum Gasteiger partial charge on any atom is -0.375 e. The van der Waals surface area contributed by atoms with Crippen LogP contribution in [0.4, 0.5) is 0 Å². The Labute approximate surface area is 102 Å². The van der Waals surface area contributed by atoms with E-state index in [1.54, 1.807) is 0 Å². The molecular weight excluding hydrogens is 216 g/mol. The van der Waals surface area contributed by atoms with Gasteiger partial charge >= 0.3 is 0 Å². The number of rotatable bonds is 7. The van der Waals surface area contributed by atoms with Crippen LogP contribution in [0, 0.1) is 0 Å². The molecule has 94 valence electrons. The van der Waals surface area contributed by atoms with E-state index in [1.165, 1.54) is 0 Å². The van der Waals surface area contributed by atoms with Crippen LogP contribution in [0.2, 0.25) is 0 Å². The highest BCUT2D eigenvalue weighted by Gasteiger charge is 2.15. The van der Waals surface area contributed by atoms with Crippen molar-refractivity contribution in [1.82, 2.24) is 5.32 Å². The lowest BCUT2D eigenvalue weighted by molar-refractivity contribution is -0.121. The van der Waals surface area contributed by atoms with Gasteiger partial charge in [-0.2, -0.15) is 0 Å². The summed E-state index contributed by atoms with van der Waals surface area (Å²) in [7, 11) is 0. The number of primary amides is 1. The molecule has 0 fully saturated rings. The van der Waals surface area contributed by atoms with Crippen LogP contribution < -0.4 is 11.1 Å². The number of hydrogen-bond acceptors (Lipinski definition) is 3. The molecule has 1 amide bonds. The molecule has 0 saturated carbocycles. The molecule has 0 aliphatic heterocycles. The van der Waals surface area contributed by atoms with Gasteiger partial charge in [0.2, 0.25) is 5.91 Å². The third kappa shape index (κ3) is 5.47. The molecule has 1 atom stereocenters. The van der Waals surface area contributed by atoms with E-state index in [4.69, 9.17) is 10.5 Å². The predicted molar refractivity (Wildman–Crippen MR) is 67.4 cm³/mol. The van der Waals surface area contributed by atoms with Gasteiger partial charge in [0.15, 0.2) is 0 Å². The fourth-order valence-electron chi connectivity index (χ4n) is 1.48. The Bertz CT molecular complexity index is 339. The summed E-state index contributed by atoms with van der Waals surface area (Å²) >= 11 is 0. The highest BCUT2D eigenvalue weighted by atomic mass is 16.5. The van der Waals surface area contributed by atoms with Crippen molar-refractivity contribution in [2.45, 2.75) is 32.5 Å². The number of carbonyl (C=O) groups is 1. The topological polar surface area (TPSA) is 64.3 Å².